The lowest BCUT2D eigenvalue weighted by Gasteiger charge is -2.36. The Morgan fingerprint density at radius 1 is 1.03 bits per heavy atom. The second-order valence-electron chi connectivity index (χ2n) is 7.74. The summed E-state index contributed by atoms with van der Waals surface area (Å²) in [7, 11) is 5.25. The van der Waals surface area contributed by atoms with E-state index in [1.807, 2.05) is 0 Å². The van der Waals surface area contributed by atoms with E-state index in [0.29, 0.717) is 34.8 Å². The molecule has 156 valence electrons. The smallest absolute Gasteiger partial charge is 0.280 e. The first-order valence-electron chi connectivity index (χ1n) is 9.86. The van der Waals surface area contributed by atoms with Crippen LogP contribution in [0.5, 0.6) is 11.5 Å². The van der Waals surface area contributed by atoms with Crippen LogP contribution in [0, 0.1) is 0 Å². The molecule has 2 aliphatic heterocycles. The van der Waals surface area contributed by atoms with Crippen LogP contribution in [-0.4, -0.2) is 54.3 Å². The molecule has 2 bridgehead atoms. The quantitative estimate of drug-likeness (QED) is 0.781. The molecule has 0 aliphatic carbocycles. The molecule has 2 saturated heterocycles. The summed E-state index contributed by atoms with van der Waals surface area (Å²) in [5, 5.41) is 3.32. The van der Waals surface area contributed by atoms with Crippen LogP contribution in [0.1, 0.15) is 37.8 Å². The second-order valence-corrected chi connectivity index (χ2v) is 7.74. The molecule has 2 aromatic rings. The molecule has 1 aromatic carbocycles. The summed E-state index contributed by atoms with van der Waals surface area (Å²) in [6, 6.07) is 7.84. The van der Waals surface area contributed by atoms with Gasteiger partial charge in [0.05, 0.1) is 19.9 Å². The minimum absolute atomic E-state index is 0.190. The van der Waals surface area contributed by atoms with Gasteiger partial charge in [-0.3, -0.25) is 0 Å². The molecule has 0 saturated carbocycles. The second kappa shape index (κ2) is 8.10. The summed E-state index contributed by atoms with van der Waals surface area (Å²) in [4.78, 5) is 11.0. The predicted octanol–water partition coefficient (Wildman–Crippen LogP) is 4.14. The molecule has 8 heteroatoms. The van der Waals surface area contributed by atoms with Crippen molar-refractivity contribution >= 4 is 5.95 Å². The Bertz CT molecular complexity index is 866. The number of halogens is 2. The fourth-order valence-electron chi connectivity index (χ4n) is 4.50. The molecule has 29 heavy (non-hydrogen) atoms. The number of nitrogens with zero attached hydrogens (tertiary/aromatic N) is 3. The van der Waals surface area contributed by atoms with E-state index >= 15 is 0 Å². The number of anilines is 1. The fourth-order valence-corrected chi connectivity index (χ4v) is 4.50. The summed E-state index contributed by atoms with van der Waals surface area (Å²) in [6.07, 6.45) is 1.65. The van der Waals surface area contributed by atoms with Gasteiger partial charge in [-0.05, 0) is 57.0 Å². The van der Waals surface area contributed by atoms with Gasteiger partial charge < -0.3 is 19.7 Å². The molecule has 3 heterocycles. The third-order valence-corrected chi connectivity index (χ3v) is 6.08. The van der Waals surface area contributed by atoms with E-state index in [-0.39, 0.29) is 17.7 Å². The number of piperidine rings is 1. The molecule has 1 aromatic heterocycles. The Morgan fingerprint density at radius 3 is 2.34 bits per heavy atom. The van der Waals surface area contributed by atoms with Gasteiger partial charge in [0.25, 0.3) is 6.43 Å². The molecular formula is C21H26F2N4O2. The minimum atomic E-state index is -2.67. The summed E-state index contributed by atoms with van der Waals surface area (Å²) >= 11 is 0. The Balaban J connectivity index is 1.63. The molecule has 2 aliphatic rings. The molecule has 1 N–H and O–H groups in total. The van der Waals surface area contributed by atoms with Crippen molar-refractivity contribution in [3.05, 3.63) is 30.0 Å². The highest BCUT2D eigenvalue weighted by Gasteiger charge is 2.38. The molecule has 0 unspecified atom stereocenters. The van der Waals surface area contributed by atoms with E-state index in [1.54, 1.807) is 25.3 Å². The van der Waals surface area contributed by atoms with Gasteiger partial charge in [0.1, 0.15) is 5.69 Å². The van der Waals surface area contributed by atoms with Crippen LogP contribution >= 0.6 is 0 Å². The molecule has 0 radical (unpaired) electrons. The maximum absolute atomic E-state index is 13.5. The van der Waals surface area contributed by atoms with Crippen molar-refractivity contribution < 1.29 is 18.3 Å². The lowest BCUT2D eigenvalue weighted by atomic mass is 9.98. The van der Waals surface area contributed by atoms with Crippen molar-refractivity contribution in [1.82, 2.24) is 14.9 Å². The summed E-state index contributed by atoms with van der Waals surface area (Å²) < 4.78 is 37.6. The van der Waals surface area contributed by atoms with Crippen molar-refractivity contribution in [3.63, 3.8) is 0 Å². The van der Waals surface area contributed by atoms with E-state index in [0.717, 1.165) is 12.8 Å². The van der Waals surface area contributed by atoms with E-state index in [4.69, 9.17) is 9.47 Å². The topological polar surface area (TPSA) is 59.5 Å². The maximum Gasteiger partial charge on any atom is 0.280 e. The summed E-state index contributed by atoms with van der Waals surface area (Å²) in [5.74, 6) is 1.34. The third-order valence-electron chi connectivity index (χ3n) is 6.08. The van der Waals surface area contributed by atoms with Gasteiger partial charge >= 0.3 is 0 Å². The number of nitrogens with one attached hydrogen (secondary N) is 1. The monoisotopic (exact) mass is 404 g/mol. The van der Waals surface area contributed by atoms with Gasteiger partial charge in [0.15, 0.2) is 11.5 Å². The van der Waals surface area contributed by atoms with Gasteiger partial charge in [-0.1, -0.05) is 0 Å². The molecule has 0 amide bonds. The first kappa shape index (κ1) is 19.8. The standard InChI is InChI=1S/C21H26F2N4O2/c1-27-14-5-6-15(27)10-13(9-14)24-21-25-16(11-17(26-21)20(22)23)12-4-7-18(28-2)19(8-12)29-3/h4,7-8,11,13-15,20H,5-6,9-10H2,1-3H3,(H,24,25,26)/t14-,15-/m1/s1. The van der Waals surface area contributed by atoms with Gasteiger partial charge in [0, 0.05) is 23.7 Å². The zero-order chi connectivity index (χ0) is 20.5. The van der Waals surface area contributed by atoms with Gasteiger partial charge in [-0.15, -0.1) is 0 Å². The highest BCUT2D eigenvalue weighted by Crippen LogP contribution is 2.36. The number of hydrogen-bond donors (Lipinski definition) is 1. The SMILES string of the molecule is COc1ccc(-c2cc(C(F)F)nc(NC3C[C@H]4CC[C@H](C3)N4C)n2)cc1OC. The number of alkyl halides is 2. The fraction of sp³-hybridized carbons (Fsp3) is 0.524. The molecule has 4 rings (SSSR count). The Morgan fingerprint density at radius 2 is 1.72 bits per heavy atom. The van der Waals surface area contributed by atoms with Crippen LogP contribution in [0.25, 0.3) is 11.3 Å². The Labute approximate surface area is 169 Å². The average Bonchev–Trinajstić information content (AvgIpc) is 2.93. The molecular weight excluding hydrogens is 378 g/mol. The number of benzene rings is 1. The number of ether oxygens (including phenoxy) is 2. The van der Waals surface area contributed by atoms with Crippen molar-refractivity contribution in [2.45, 2.75) is 50.2 Å². The Hall–Kier alpha value is -2.48. The van der Waals surface area contributed by atoms with Crippen molar-refractivity contribution in [2.24, 2.45) is 0 Å². The van der Waals surface area contributed by atoms with Crippen LogP contribution in [0.4, 0.5) is 14.7 Å². The zero-order valence-corrected chi connectivity index (χ0v) is 16.9. The van der Waals surface area contributed by atoms with Crippen LogP contribution in [0.3, 0.4) is 0 Å². The van der Waals surface area contributed by atoms with Gasteiger partial charge in [-0.2, -0.15) is 0 Å². The van der Waals surface area contributed by atoms with Crippen molar-refractivity contribution in [2.75, 3.05) is 26.6 Å². The van der Waals surface area contributed by atoms with Crippen molar-refractivity contribution in [1.29, 1.82) is 0 Å². The van der Waals surface area contributed by atoms with Crippen LogP contribution < -0.4 is 14.8 Å². The van der Waals surface area contributed by atoms with Crippen LogP contribution in [0.15, 0.2) is 24.3 Å². The number of aromatic nitrogens is 2. The number of rotatable bonds is 6. The lowest BCUT2D eigenvalue weighted by Crippen LogP contribution is -2.44. The van der Waals surface area contributed by atoms with E-state index in [9.17, 15) is 8.78 Å². The summed E-state index contributed by atoms with van der Waals surface area (Å²) in [6.45, 7) is 0. The average molecular weight is 404 g/mol. The summed E-state index contributed by atoms with van der Waals surface area (Å²) in [5.41, 5.74) is 0.802. The molecule has 6 nitrogen and oxygen atoms in total. The third kappa shape index (κ3) is 3.99. The Kier molecular flexibility index (Phi) is 5.54. The normalized spacial score (nSPS) is 24.0. The molecule has 2 atom stereocenters. The molecule has 2 fully saturated rings. The van der Waals surface area contributed by atoms with Crippen LogP contribution in [-0.2, 0) is 0 Å². The first-order valence-corrected chi connectivity index (χ1v) is 9.86. The number of fused-ring (bicyclic) bond motifs is 2. The number of methoxy groups -OCH3 is 2. The predicted molar refractivity (Wildman–Crippen MR) is 107 cm³/mol. The zero-order valence-electron chi connectivity index (χ0n) is 16.9. The van der Waals surface area contributed by atoms with Gasteiger partial charge in [0.2, 0.25) is 5.95 Å². The highest BCUT2D eigenvalue weighted by atomic mass is 19.3. The van der Waals surface area contributed by atoms with E-state index < -0.39 is 6.43 Å². The maximum atomic E-state index is 13.5. The minimum Gasteiger partial charge on any atom is -0.493 e. The first-order chi connectivity index (χ1) is 14.0. The lowest BCUT2D eigenvalue weighted by molar-refractivity contribution is 0.146. The number of hydrogen-bond acceptors (Lipinski definition) is 6. The highest BCUT2D eigenvalue weighted by molar-refractivity contribution is 5.65. The van der Waals surface area contributed by atoms with E-state index in [2.05, 4.69) is 27.2 Å². The van der Waals surface area contributed by atoms with Crippen molar-refractivity contribution in [3.8, 4) is 22.8 Å². The van der Waals surface area contributed by atoms with E-state index in [1.165, 1.54) is 26.0 Å². The van der Waals surface area contributed by atoms with Crippen LogP contribution in [0.2, 0.25) is 0 Å². The molecule has 0 spiro atoms. The largest absolute Gasteiger partial charge is 0.493 e. The van der Waals surface area contributed by atoms with Gasteiger partial charge in [-0.25, -0.2) is 18.7 Å².